The zero-order valence-corrected chi connectivity index (χ0v) is 20.0. The van der Waals surface area contributed by atoms with Crippen molar-refractivity contribution in [3.8, 4) is 0 Å². The van der Waals surface area contributed by atoms with Crippen LogP contribution in [0.4, 0.5) is 0 Å². The number of ether oxygens (including phenoxy) is 1. The van der Waals surface area contributed by atoms with E-state index in [1.54, 1.807) is 0 Å². The number of allylic oxidation sites excluding steroid dienone is 4. The summed E-state index contributed by atoms with van der Waals surface area (Å²) >= 11 is 0. The molecule has 0 N–H and O–H groups in total. The molecular weight excluding hydrogens is 356 g/mol. The van der Waals surface area contributed by atoms with Gasteiger partial charge in [-0.05, 0) is 63.4 Å². The van der Waals surface area contributed by atoms with Crippen LogP contribution < -0.4 is 0 Å². The highest BCUT2D eigenvalue weighted by atomic mass is 16.5. The van der Waals surface area contributed by atoms with Gasteiger partial charge in [-0.1, -0.05) is 88.8 Å². The molecule has 29 heavy (non-hydrogen) atoms. The van der Waals surface area contributed by atoms with Crippen molar-refractivity contribution in [1.29, 1.82) is 0 Å². The van der Waals surface area contributed by atoms with Crippen LogP contribution in [-0.4, -0.2) is 13.1 Å². The van der Waals surface area contributed by atoms with Gasteiger partial charge in [0, 0.05) is 6.42 Å². The van der Waals surface area contributed by atoms with Crippen LogP contribution in [0.5, 0.6) is 0 Å². The van der Waals surface area contributed by atoms with Gasteiger partial charge in [-0.15, -0.1) is 0 Å². The summed E-state index contributed by atoms with van der Waals surface area (Å²) in [7, 11) is 1.41. The van der Waals surface area contributed by atoms with Gasteiger partial charge in [0.1, 0.15) is 0 Å². The summed E-state index contributed by atoms with van der Waals surface area (Å²) in [4.78, 5) is 10.5. The third-order valence-corrected chi connectivity index (χ3v) is 4.49. The lowest BCUT2D eigenvalue weighted by Gasteiger charge is -2.07. The Bertz CT molecular complexity index is 503. The van der Waals surface area contributed by atoms with Gasteiger partial charge in [0.2, 0.25) is 0 Å². The van der Waals surface area contributed by atoms with E-state index in [2.05, 4.69) is 61.1 Å². The van der Waals surface area contributed by atoms with E-state index in [1.165, 1.54) is 51.2 Å². The van der Waals surface area contributed by atoms with Gasteiger partial charge >= 0.3 is 5.97 Å². The predicted molar refractivity (Wildman–Crippen MR) is 129 cm³/mol. The number of benzene rings is 1. The molecule has 0 aliphatic rings. The molecule has 1 rings (SSSR count). The highest BCUT2D eigenvalue weighted by molar-refractivity contribution is 5.69. The number of hydrogen-bond donors (Lipinski definition) is 0. The largest absolute Gasteiger partial charge is 0.469 e. The van der Waals surface area contributed by atoms with Crippen molar-refractivity contribution in [1.82, 2.24) is 0 Å². The van der Waals surface area contributed by atoms with Crippen LogP contribution in [0.3, 0.4) is 0 Å². The summed E-state index contributed by atoms with van der Waals surface area (Å²) < 4.78 is 4.47. The zero-order chi connectivity index (χ0) is 22.2. The summed E-state index contributed by atoms with van der Waals surface area (Å²) in [6, 6.07) is 10.8. The van der Waals surface area contributed by atoms with Gasteiger partial charge < -0.3 is 4.74 Å². The lowest BCUT2D eigenvalue weighted by atomic mass is 9.99. The molecule has 2 nitrogen and oxygen atoms in total. The summed E-state index contributed by atoms with van der Waals surface area (Å²) in [5, 5.41) is 0. The highest BCUT2D eigenvalue weighted by Crippen LogP contribution is 2.13. The smallest absolute Gasteiger partial charge is 0.305 e. The first-order valence-electron chi connectivity index (χ1n) is 11.6. The summed E-state index contributed by atoms with van der Waals surface area (Å²) in [6.45, 7) is 10.5. The second-order valence-corrected chi connectivity index (χ2v) is 6.80. The van der Waals surface area contributed by atoms with E-state index in [9.17, 15) is 4.79 Å². The maximum absolute atomic E-state index is 10.5. The molecule has 2 heteroatoms. The number of carbonyl (C=O) groups is 1. The van der Waals surface area contributed by atoms with E-state index in [4.69, 9.17) is 0 Å². The van der Waals surface area contributed by atoms with Crippen molar-refractivity contribution >= 4 is 5.97 Å². The van der Waals surface area contributed by atoms with Crippen LogP contribution in [0.15, 0.2) is 54.6 Å². The fourth-order valence-corrected chi connectivity index (χ4v) is 2.80. The first-order valence-corrected chi connectivity index (χ1v) is 11.6. The first kappa shape index (κ1) is 29.4. The molecule has 0 unspecified atom stereocenters. The molecule has 1 aromatic rings. The fraction of sp³-hybridized carbons (Fsp3) is 0.593. The van der Waals surface area contributed by atoms with Crippen molar-refractivity contribution < 1.29 is 9.53 Å². The van der Waals surface area contributed by atoms with Crippen LogP contribution in [-0.2, 0) is 16.0 Å². The van der Waals surface area contributed by atoms with E-state index < -0.39 is 0 Å². The highest BCUT2D eigenvalue weighted by Gasteiger charge is 1.98. The Morgan fingerprint density at radius 2 is 1.69 bits per heavy atom. The number of esters is 1. The number of hydrogen-bond acceptors (Lipinski definition) is 2. The lowest BCUT2D eigenvalue weighted by Crippen LogP contribution is -1.98. The molecule has 0 aromatic heterocycles. The van der Waals surface area contributed by atoms with E-state index in [0.29, 0.717) is 6.42 Å². The normalized spacial score (nSPS) is 11.4. The van der Waals surface area contributed by atoms with Crippen LogP contribution in [0.1, 0.15) is 91.5 Å². The van der Waals surface area contributed by atoms with E-state index in [1.807, 2.05) is 32.9 Å². The van der Waals surface area contributed by atoms with Crippen molar-refractivity contribution in [3.05, 3.63) is 60.2 Å². The minimum absolute atomic E-state index is 0.121. The molecular formula is C27H46O2. The van der Waals surface area contributed by atoms with E-state index in [-0.39, 0.29) is 5.97 Å². The van der Waals surface area contributed by atoms with Crippen molar-refractivity contribution in [2.75, 3.05) is 7.11 Å². The molecule has 1 aromatic carbocycles. The average Bonchev–Trinajstić information content (AvgIpc) is 2.78. The quantitative estimate of drug-likeness (QED) is 0.199. The van der Waals surface area contributed by atoms with Crippen LogP contribution >= 0.6 is 0 Å². The Labute approximate surface area is 181 Å². The van der Waals surface area contributed by atoms with Gasteiger partial charge in [0.15, 0.2) is 0 Å². The Hall–Kier alpha value is -1.83. The Morgan fingerprint density at radius 1 is 1.03 bits per heavy atom. The minimum Gasteiger partial charge on any atom is -0.469 e. The number of unbranched alkanes of at least 4 members (excludes halogenated alkanes) is 2. The van der Waals surface area contributed by atoms with Crippen molar-refractivity contribution in [2.24, 2.45) is 5.92 Å². The standard InChI is InChI=1S/C17H26.C8H14O2.C2H6/c1-3-11-16(4-2)12-7-5-8-13-17-14-9-6-10-15-17;1-3-4-5-6-7-8(9)10-2;1-2/h6-7,9-10,12,14-16H,3-5,8,11,13H2,1-2H3;3-4H,5-7H2,1-2H3;1-2H3/b12-7+;4-3-;/t16-;;/m0../s1. The molecule has 0 spiro atoms. The molecule has 0 radical (unpaired) electrons. The van der Waals surface area contributed by atoms with Crippen LogP contribution in [0, 0.1) is 5.92 Å². The van der Waals surface area contributed by atoms with Gasteiger partial charge in [0.25, 0.3) is 0 Å². The van der Waals surface area contributed by atoms with Gasteiger partial charge in [0.05, 0.1) is 7.11 Å². The molecule has 1 atom stereocenters. The molecule has 0 saturated carbocycles. The summed E-state index contributed by atoms with van der Waals surface area (Å²) in [5.41, 5.74) is 1.46. The predicted octanol–water partition coefficient (Wildman–Crippen LogP) is 8.32. The number of rotatable bonds is 12. The zero-order valence-electron chi connectivity index (χ0n) is 20.0. The number of carbonyl (C=O) groups excluding carboxylic acids is 1. The first-order chi connectivity index (χ1) is 14.2. The molecule has 0 saturated heterocycles. The SMILES string of the molecule is C/C=C\CCCC(=O)OC.CC.CCC[C@@H](/C=C/CCCc1ccccc1)CC. The molecule has 0 fully saturated rings. The Balaban J connectivity index is 0. The monoisotopic (exact) mass is 402 g/mol. The van der Waals surface area contributed by atoms with Gasteiger partial charge in [-0.25, -0.2) is 0 Å². The van der Waals surface area contributed by atoms with Crippen LogP contribution in [0.25, 0.3) is 0 Å². The van der Waals surface area contributed by atoms with Crippen molar-refractivity contribution in [2.45, 2.75) is 92.4 Å². The molecule has 0 bridgehead atoms. The van der Waals surface area contributed by atoms with E-state index in [0.717, 1.165) is 18.8 Å². The molecule has 0 amide bonds. The van der Waals surface area contributed by atoms with Gasteiger partial charge in [-0.2, -0.15) is 0 Å². The Morgan fingerprint density at radius 3 is 2.24 bits per heavy atom. The fourth-order valence-electron chi connectivity index (χ4n) is 2.80. The topological polar surface area (TPSA) is 26.3 Å². The summed E-state index contributed by atoms with van der Waals surface area (Å²) in [5.74, 6) is 0.682. The minimum atomic E-state index is -0.121. The lowest BCUT2D eigenvalue weighted by molar-refractivity contribution is -0.140. The summed E-state index contributed by atoms with van der Waals surface area (Å²) in [6.07, 6.45) is 18.8. The average molecular weight is 403 g/mol. The number of aryl methyl sites for hydroxylation is 1. The van der Waals surface area contributed by atoms with Crippen molar-refractivity contribution in [3.63, 3.8) is 0 Å². The Kier molecular flexibility index (Phi) is 24.5. The van der Waals surface area contributed by atoms with Crippen LogP contribution in [0.2, 0.25) is 0 Å². The molecule has 166 valence electrons. The second-order valence-electron chi connectivity index (χ2n) is 6.80. The molecule has 0 heterocycles. The third-order valence-electron chi connectivity index (χ3n) is 4.49. The maximum atomic E-state index is 10.5. The maximum Gasteiger partial charge on any atom is 0.305 e. The second kappa shape index (κ2) is 24.2. The third kappa shape index (κ3) is 20.7. The molecule has 0 aliphatic carbocycles. The molecule has 0 aliphatic heterocycles. The number of methoxy groups -OCH3 is 1. The van der Waals surface area contributed by atoms with Gasteiger partial charge in [-0.3, -0.25) is 4.79 Å². The van der Waals surface area contributed by atoms with E-state index >= 15 is 0 Å².